The average molecular weight is 385 g/mol. The molecular weight excluding hydrogens is 371 g/mol. The quantitative estimate of drug-likeness (QED) is 0.357. The number of hydrogen-bond donors (Lipinski definition) is 2. The number of carbonyl (C=O) groups excluding carboxylic acids is 1. The predicted octanol–water partition coefficient (Wildman–Crippen LogP) is 3.35. The number of aryl methyl sites for hydroxylation is 2. The fourth-order valence-electron chi connectivity index (χ4n) is 1.78. The summed E-state index contributed by atoms with van der Waals surface area (Å²) < 4.78 is 0. The largest absolute Gasteiger partial charge is 0.506 e. The second kappa shape index (κ2) is 8.32. The summed E-state index contributed by atoms with van der Waals surface area (Å²) in [5.74, 6) is -0.369. The Morgan fingerprint density at radius 3 is 2.62 bits per heavy atom. The van der Waals surface area contributed by atoms with Gasteiger partial charge in [-0.2, -0.15) is 5.10 Å². The molecular formula is C15H14Cl2N4O2S. The van der Waals surface area contributed by atoms with Crippen molar-refractivity contribution in [2.75, 3.05) is 5.75 Å². The number of hydrazone groups is 1. The summed E-state index contributed by atoms with van der Waals surface area (Å²) in [4.78, 5) is 20.3. The van der Waals surface area contributed by atoms with Gasteiger partial charge in [0.2, 0.25) is 0 Å². The normalized spacial score (nSPS) is 11.0. The van der Waals surface area contributed by atoms with E-state index in [0.29, 0.717) is 15.7 Å². The zero-order chi connectivity index (χ0) is 17.7. The van der Waals surface area contributed by atoms with Gasteiger partial charge >= 0.3 is 0 Å². The molecule has 1 aromatic heterocycles. The molecule has 0 bridgehead atoms. The van der Waals surface area contributed by atoms with E-state index in [9.17, 15) is 9.90 Å². The lowest BCUT2D eigenvalue weighted by Gasteiger charge is -2.03. The number of phenolic OH excluding ortho intramolecular Hbond substituents is 1. The van der Waals surface area contributed by atoms with Gasteiger partial charge in [-0.3, -0.25) is 4.79 Å². The van der Waals surface area contributed by atoms with E-state index >= 15 is 0 Å². The van der Waals surface area contributed by atoms with E-state index in [1.54, 1.807) is 0 Å². The molecule has 0 spiro atoms. The molecule has 1 amide bonds. The minimum atomic E-state index is -0.327. The standard InChI is InChI=1S/C15H14Cl2N4O2S/c1-8-3-9(2)20-15(19-8)24-7-13(22)21-18-6-10-4-11(16)5-12(17)14(10)23/h3-6,23H,7H2,1-2H3,(H,21,22)/b18-6-. The van der Waals surface area contributed by atoms with Crippen molar-refractivity contribution in [2.45, 2.75) is 19.0 Å². The minimum absolute atomic E-state index is 0.109. The van der Waals surface area contributed by atoms with Crippen LogP contribution in [0.2, 0.25) is 10.0 Å². The fraction of sp³-hybridized carbons (Fsp3) is 0.200. The molecule has 126 valence electrons. The van der Waals surface area contributed by atoms with Gasteiger partial charge in [0.1, 0.15) is 5.75 Å². The van der Waals surface area contributed by atoms with Crippen molar-refractivity contribution in [3.8, 4) is 5.75 Å². The fourth-order valence-corrected chi connectivity index (χ4v) is 3.03. The van der Waals surface area contributed by atoms with Gasteiger partial charge in [-0.25, -0.2) is 15.4 Å². The van der Waals surface area contributed by atoms with Gasteiger partial charge in [0, 0.05) is 22.0 Å². The van der Waals surface area contributed by atoms with Crippen molar-refractivity contribution in [3.63, 3.8) is 0 Å². The van der Waals surface area contributed by atoms with E-state index in [-0.39, 0.29) is 22.4 Å². The number of carbonyl (C=O) groups is 1. The molecule has 9 heteroatoms. The van der Waals surface area contributed by atoms with Crippen molar-refractivity contribution in [1.82, 2.24) is 15.4 Å². The molecule has 1 aromatic carbocycles. The number of nitrogens with zero attached hydrogens (tertiary/aromatic N) is 3. The number of halogens is 2. The van der Waals surface area contributed by atoms with E-state index in [0.717, 1.165) is 11.4 Å². The number of nitrogens with one attached hydrogen (secondary N) is 1. The number of amides is 1. The lowest BCUT2D eigenvalue weighted by molar-refractivity contribution is -0.118. The first-order valence-corrected chi connectivity index (χ1v) is 8.54. The monoisotopic (exact) mass is 384 g/mol. The summed E-state index contributed by atoms with van der Waals surface area (Å²) in [5, 5.41) is 14.5. The zero-order valence-corrected chi connectivity index (χ0v) is 15.2. The highest BCUT2D eigenvalue weighted by Crippen LogP contribution is 2.29. The molecule has 0 aliphatic rings. The van der Waals surface area contributed by atoms with Gasteiger partial charge in [0.25, 0.3) is 5.91 Å². The van der Waals surface area contributed by atoms with E-state index < -0.39 is 0 Å². The average Bonchev–Trinajstić information content (AvgIpc) is 2.49. The number of hydrogen-bond acceptors (Lipinski definition) is 6. The first-order chi connectivity index (χ1) is 11.3. The van der Waals surface area contributed by atoms with Crippen molar-refractivity contribution >= 4 is 47.1 Å². The molecule has 0 atom stereocenters. The lowest BCUT2D eigenvalue weighted by atomic mass is 10.2. The van der Waals surface area contributed by atoms with E-state index in [1.807, 2.05) is 19.9 Å². The van der Waals surface area contributed by atoms with Crippen LogP contribution in [0.25, 0.3) is 0 Å². The van der Waals surface area contributed by atoms with Gasteiger partial charge in [-0.15, -0.1) is 0 Å². The Bertz CT molecular complexity index is 779. The summed E-state index contributed by atoms with van der Waals surface area (Å²) >= 11 is 12.9. The number of rotatable bonds is 5. The number of aromatic nitrogens is 2. The molecule has 24 heavy (non-hydrogen) atoms. The molecule has 1 heterocycles. The molecule has 0 saturated heterocycles. The number of phenols is 1. The molecule has 2 aromatic rings. The van der Waals surface area contributed by atoms with Gasteiger partial charge in [0.05, 0.1) is 17.0 Å². The van der Waals surface area contributed by atoms with Crippen LogP contribution >= 0.6 is 35.0 Å². The highest BCUT2D eigenvalue weighted by molar-refractivity contribution is 7.99. The molecule has 2 N–H and O–H groups in total. The summed E-state index contributed by atoms with van der Waals surface area (Å²) in [6.07, 6.45) is 1.27. The van der Waals surface area contributed by atoms with E-state index in [2.05, 4.69) is 20.5 Å². The van der Waals surface area contributed by atoms with Crippen LogP contribution in [0.15, 0.2) is 28.5 Å². The maximum Gasteiger partial charge on any atom is 0.250 e. The first-order valence-electron chi connectivity index (χ1n) is 6.80. The van der Waals surface area contributed by atoms with Crippen LogP contribution in [0.5, 0.6) is 5.75 Å². The summed E-state index contributed by atoms with van der Waals surface area (Å²) in [6, 6.07) is 4.75. The number of benzene rings is 1. The smallest absolute Gasteiger partial charge is 0.250 e. The maximum atomic E-state index is 11.8. The molecule has 0 unspecified atom stereocenters. The van der Waals surface area contributed by atoms with Crippen LogP contribution < -0.4 is 5.43 Å². The molecule has 0 aliphatic carbocycles. The Balaban J connectivity index is 1.91. The van der Waals surface area contributed by atoms with Crippen LogP contribution in [0, 0.1) is 13.8 Å². The van der Waals surface area contributed by atoms with Crippen molar-refractivity contribution in [2.24, 2.45) is 5.10 Å². The van der Waals surface area contributed by atoms with Gasteiger partial charge in [-0.1, -0.05) is 35.0 Å². The maximum absolute atomic E-state index is 11.8. The molecule has 2 rings (SSSR count). The Morgan fingerprint density at radius 2 is 1.96 bits per heavy atom. The minimum Gasteiger partial charge on any atom is -0.506 e. The van der Waals surface area contributed by atoms with Crippen LogP contribution in [0.4, 0.5) is 0 Å². The lowest BCUT2D eigenvalue weighted by Crippen LogP contribution is -2.19. The molecule has 0 radical (unpaired) electrons. The van der Waals surface area contributed by atoms with Crippen molar-refractivity contribution in [1.29, 1.82) is 0 Å². The van der Waals surface area contributed by atoms with Crippen molar-refractivity contribution in [3.05, 3.63) is 45.2 Å². The number of thioether (sulfide) groups is 1. The summed E-state index contributed by atoms with van der Waals surface area (Å²) in [6.45, 7) is 3.73. The van der Waals surface area contributed by atoms with Crippen LogP contribution in [-0.4, -0.2) is 32.9 Å². The third kappa shape index (κ3) is 5.36. The van der Waals surface area contributed by atoms with E-state index in [1.165, 1.54) is 30.1 Å². The molecule has 0 aliphatic heterocycles. The zero-order valence-electron chi connectivity index (χ0n) is 12.9. The second-order valence-corrected chi connectivity index (χ2v) is 6.63. The Hall–Kier alpha value is -1.83. The highest BCUT2D eigenvalue weighted by atomic mass is 35.5. The van der Waals surface area contributed by atoms with Crippen molar-refractivity contribution < 1.29 is 9.90 Å². The van der Waals surface area contributed by atoms with E-state index in [4.69, 9.17) is 23.2 Å². The Kier molecular flexibility index (Phi) is 6.42. The van der Waals surface area contributed by atoms with Crippen LogP contribution in [0.1, 0.15) is 17.0 Å². The van der Waals surface area contributed by atoms with Gasteiger partial charge in [-0.05, 0) is 32.0 Å². The third-order valence-electron chi connectivity index (χ3n) is 2.74. The Labute approximate surface area is 153 Å². The third-order valence-corrected chi connectivity index (χ3v) is 4.10. The van der Waals surface area contributed by atoms with Gasteiger partial charge in [0.15, 0.2) is 5.16 Å². The first kappa shape index (κ1) is 18.5. The number of aromatic hydroxyl groups is 1. The Morgan fingerprint density at radius 1 is 1.29 bits per heavy atom. The highest BCUT2D eigenvalue weighted by Gasteiger charge is 2.07. The predicted molar refractivity (Wildman–Crippen MR) is 96.1 cm³/mol. The topological polar surface area (TPSA) is 87.5 Å². The summed E-state index contributed by atoms with van der Waals surface area (Å²) in [5.41, 5.74) is 4.35. The molecule has 0 fully saturated rings. The second-order valence-electron chi connectivity index (χ2n) is 4.84. The molecule has 0 saturated carbocycles. The van der Waals surface area contributed by atoms with Gasteiger partial charge < -0.3 is 5.11 Å². The summed E-state index contributed by atoms with van der Waals surface area (Å²) in [7, 11) is 0. The van der Waals surface area contributed by atoms with Crippen LogP contribution in [-0.2, 0) is 4.79 Å². The molecule has 6 nitrogen and oxygen atoms in total. The van der Waals surface area contributed by atoms with Crippen LogP contribution in [0.3, 0.4) is 0 Å². The SMILES string of the molecule is Cc1cc(C)nc(SCC(=O)N/N=C\c2cc(Cl)cc(Cl)c2O)n1.